The van der Waals surface area contributed by atoms with Crippen LogP contribution in [-0.2, 0) is 0 Å². The zero-order valence-corrected chi connectivity index (χ0v) is 8.45. The lowest BCUT2D eigenvalue weighted by Gasteiger charge is -2.04. The van der Waals surface area contributed by atoms with Gasteiger partial charge < -0.3 is 0 Å². The maximum absolute atomic E-state index is 12.2. The van der Waals surface area contributed by atoms with E-state index in [1.807, 2.05) is 20.8 Å². The highest BCUT2D eigenvalue weighted by atomic mass is 32.1. The summed E-state index contributed by atoms with van der Waals surface area (Å²) >= 11 is 0. The van der Waals surface area contributed by atoms with E-state index in [4.69, 9.17) is 0 Å². The van der Waals surface area contributed by atoms with E-state index < -0.39 is 5.92 Å². The minimum Gasteiger partial charge on any atom is -0.207 e. The van der Waals surface area contributed by atoms with Gasteiger partial charge in [0.25, 0.3) is 0 Å². The molecule has 0 amide bonds. The van der Waals surface area contributed by atoms with Crippen molar-refractivity contribution in [1.82, 2.24) is 0 Å². The van der Waals surface area contributed by atoms with Gasteiger partial charge in [-0.1, -0.05) is 20.8 Å². The average Bonchev–Trinajstić information content (AvgIpc) is 2.15. The molecule has 1 rings (SSSR count). The van der Waals surface area contributed by atoms with Gasteiger partial charge in [0.2, 0.25) is 5.92 Å². The molecule has 0 saturated heterocycles. The molecule has 1 aliphatic carbocycles. The molecular formula is C8H18F2S. The Bertz CT molecular complexity index is 94.1. The van der Waals surface area contributed by atoms with E-state index in [0.717, 1.165) is 0 Å². The first-order valence-corrected chi connectivity index (χ1v) is 3.98. The van der Waals surface area contributed by atoms with Crippen LogP contribution in [0.3, 0.4) is 0 Å². The Morgan fingerprint density at radius 1 is 1.27 bits per heavy atom. The second-order valence-electron chi connectivity index (χ2n) is 2.70. The SMILES string of the molecule is CC.CC1CCC(F)(F)C1.S. The fourth-order valence-corrected chi connectivity index (χ4v) is 1.17. The number of rotatable bonds is 0. The molecule has 1 aliphatic rings. The number of hydrogen-bond donors (Lipinski definition) is 0. The molecule has 0 N–H and O–H groups in total. The van der Waals surface area contributed by atoms with Crippen molar-refractivity contribution >= 4 is 13.5 Å². The average molecular weight is 184 g/mol. The summed E-state index contributed by atoms with van der Waals surface area (Å²) < 4.78 is 24.4. The molecule has 0 bridgehead atoms. The molecule has 1 saturated carbocycles. The Balaban J connectivity index is 0. The molecule has 0 aromatic carbocycles. The van der Waals surface area contributed by atoms with E-state index in [9.17, 15) is 8.78 Å². The first kappa shape index (κ1) is 13.8. The van der Waals surface area contributed by atoms with Crippen LogP contribution in [-0.4, -0.2) is 5.92 Å². The van der Waals surface area contributed by atoms with Crippen LogP contribution in [0.1, 0.15) is 40.0 Å². The fourth-order valence-electron chi connectivity index (χ4n) is 1.17. The largest absolute Gasteiger partial charge is 0.248 e. The van der Waals surface area contributed by atoms with E-state index in [1.165, 1.54) is 0 Å². The van der Waals surface area contributed by atoms with Crippen molar-refractivity contribution in [2.45, 2.75) is 46.0 Å². The third-order valence-electron chi connectivity index (χ3n) is 1.65. The van der Waals surface area contributed by atoms with Crippen molar-refractivity contribution in [1.29, 1.82) is 0 Å². The highest BCUT2D eigenvalue weighted by molar-refractivity contribution is 7.59. The molecule has 0 nitrogen and oxygen atoms in total. The third kappa shape index (κ3) is 5.48. The van der Waals surface area contributed by atoms with Crippen molar-refractivity contribution in [3.63, 3.8) is 0 Å². The lowest BCUT2D eigenvalue weighted by Crippen LogP contribution is -2.08. The predicted octanol–water partition coefficient (Wildman–Crippen LogP) is 3.58. The van der Waals surface area contributed by atoms with Gasteiger partial charge in [-0.25, -0.2) is 8.78 Å². The molecule has 11 heavy (non-hydrogen) atoms. The normalized spacial score (nSPS) is 26.5. The number of hydrogen-bond acceptors (Lipinski definition) is 0. The van der Waals surface area contributed by atoms with Crippen LogP contribution >= 0.6 is 13.5 Å². The first-order chi connectivity index (χ1) is 4.60. The number of alkyl halides is 2. The highest BCUT2D eigenvalue weighted by Crippen LogP contribution is 2.38. The molecule has 0 spiro atoms. The first-order valence-electron chi connectivity index (χ1n) is 3.98. The van der Waals surface area contributed by atoms with Gasteiger partial charge in [0.05, 0.1) is 0 Å². The third-order valence-corrected chi connectivity index (χ3v) is 1.65. The van der Waals surface area contributed by atoms with Crippen LogP contribution in [0.25, 0.3) is 0 Å². The van der Waals surface area contributed by atoms with Crippen molar-refractivity contribution in [3.8, 4) is 0 Å². The smallest absolute Gasteiger partial charge is 0.207 e. The zero-order valence-electron chi connectivity index (χ0n) is 7.45. The van der Waals surface area contributed by atoms with Crippen molar-refractivity contribution < 1.29 is 8.78 Å². The summed E-state index contributed by atoms with van der Waals surface area (Å²) in [5.74, 6) is -2.09. The molecule has 0 aromatic heterocycles. The van der Waals surface area contributed by atoms with Crippen LogP contribution in [0, 0.1) is 5.92 Å². The van der Waals surface area contributed by atoms with Gasteiger partial charge >= 0.3 is 0 Å². The Labute approximate surface area is 74.8 Å². The topological polar surface area (TPSA) is 0 Å². The molecule has 70 valence electrons. The Hall–Kier alpha value is 0.210. The standard InChI is InChI=1S/C6H10F2.C2H6.H2S/c1-5-2-3-6(7,8)4-5;1-2;/h5H,2-4H2,1H3;1-2H3;1H2. The van der Waals surface area contributed by atoms with Gasteiger partial charge in [-0.05, 0) is 12.3 Å². The Morgan fingerprint density at radius 3 is 1.82 bits per heavy atom. The lowest BCUT2D eigenvalue weighted by molar-refractivity contribution is 0.00580. The summed E-state index contributed by atoms with van der Waals surface area (Å²) in [6.07, 6.45) is 0.911. The molecule has 0 aromatic rings. The zero-order chi connectivity index (χ0) is 8.20. The molecule has 0 radical (unpaired) electrons. The van der Waals surface area contributed by atoms with Crippen molar-refractivity contribution in [2.24, 2.45) is 5.92 Å². The van der Waals surface area contributed by atoms with E-state index in [0.29, 0.717) is 6.42 Å². The quantitative estimate of drug-likeness (QED) is 0.540. The minimum absolute atomic E-state index is 0. The predicted molar refractivity (Wildman–Crippen MR) is 49.7 cm³/mol. The molecule has 0 heterocycles. The van der Waals surface area contributed by atoms with Crippen molar-refractivity contribution in [2.75, 3.05) is 0 Å². The molecule has 3 heteroatoms. The summed E-state index contributed by atoms with van der Waals surface area (Å²) in [5, 5.41) is 0. The van der Waals surface area contributed by atoms with Gasteiger partial charge in [0.15, 0.2) is 0 Å². The molecule has 0 aliphatic heterocycles. The summed E-state index contributed by atoms with van der Waals surface area (Å²) in [6, 6.07) is 0. The van der Waals surface area contributed by atoms with E-state index >= 15 is 0 Å². The van der Waals surface area contributed by atoms with Crippen LogP contribution in [0.5, 0.6) is 0 Å². The van der Waals surface area contributed by atoms with Gasteiger partial charge in [-0.3, -0.25) is 0 Å². The summed E-state index contributed by atoms with van der Waals surface area (Å²) in [7, 11) is 0. The molecular weight excluding hydrogens is 166 g/mol. The lowest BCUT2D eigenvalue weighted by atomic mass is 10.1. The summed E-state index contributed by atoms with van der Waals surface area (Å²) in [6.45, 7) is 5.88. The highest BCUT2D eigenvalue weighted by Gasteiger charge is 2.36. The van der Waals surface area contributed by atoms with Gasteiger partial charge in [0.1, 0.15) is 0 Å². The second kappa shape index (κ2) is 5.81. The number of halogens is 2. The van der Waals surface area contributed by atoms with Gasteiger partial charge in [0, 0.05) is 12.8 Å². The van der Waals surface area contributed by atoms with E-state index in [-0.39, 0.29) is 32.3 Å². The molecule has 1 fully saturated rings. The minimum atomic E-state index is -2.33. The maximum Gasteiger partial charge on any atom is 0.248 e. The molecule has 1 unspecified atom stereocenters. The van der Waals surface area contributed by atoms with Crippen LogP contribution in [0.2, 0.25) is 0 Å². The van der Waals surface area contributed by atoms with Gasteiger partial charge in [-0.2, -0.15) is 13.5 Å². The fraction of sp³-hybridized carbons (Fsp3) is 1.00. The summed E-state index contributed by atoms with van der Waals surface area (Å²) in [4.78, 5) is 0. The Kier molecular flexibility index (Phi) is 7.28. The van der Waals surface area contributed by atoms with Crippen molar-refractivity contribution in [3.05, 3.63) is 0 Å². The van der Waals surface area contributed by atoms with E-state index in [1.54, 1.807) is 0 Å². The van der Waals surface area contributed by atoms with Crippen LogP contribution in [0.15, 0.2) is 0 Å². The monoisotopic (exact) mass is 184 g/mol. The van der Waals surface area contributed by atoms with E-state index in [2.05, 4.69) is 0 Å². The Morgan fingerprint density at radius 2 is 1.73 bits per heavy atom. The second-order valence-corrected chi connectivity index (χ2v) is 2.70. The maximum atomic E-state index is 12.2. The van der Waals surface area contributed by atoms with Crippen LogP contribution < -0.4 is 0 Å². The van der Waals surface area contributed by atoms with Crippen LogP contribution in [0.4, 0.5) is 8.78 Å². The molecule has 1 atom stereocenters. The summed E-state index contributed by atoms with van der Waals surface area (Å²) in [5.41, 5.74) is 0. The van der Waals surface area contributed by atoms with Gasteiger partial charge in [-0.15, -0.1) is 0 Å².